The van der Waals surface area contributed by atoms with Crippen molar-refractivity contribution in [3.05, 3.63) is 52.6 Å². The van der Waals surface area contributed by atoms with Crippen LogP contribution in [0.4, 0.5) is 0 Å². The van der Waals surface area contributed by atoms with E-state index in [4.69, 9.17) is 4.98 Å². The molecule has 0 amide bonds. The van der Waals surface area contributed by atoms with Crippen LogP contribution in [0.1, 0.15) is 26.1 Å². The second-order valence-electron chi connectivity index (χ2n) is 7.49. The zero-order valence-electron chi connectivity index (χ0n) is 14.7. The molecule has 2 aromatic heterocycles. The third-order valence-corrected chi connectivity index (χ3v) is 6.08. The highest BCUT2D eigenvalue weighted by Crippen LogP contribution is 2.30. The van der Waals surface area contributed by atoms with E-state index in [2.05, 4.69) is 31.0 Å². The third kappa shape index (κ3) is 3.53. The highest BCUT2D eigenvalue weighted by Gasteiger charge is 2.26. The van der Waals surface area contributed by atoms with Crippen molar-refractivity contribution in [3.63, 3.8) is 0 Å². The van der Waals surface area contributed by atoms with Gasteiger partial charge in [0.05, 0.1) is 18.5 Å². The number of thiophene rings is 1. The molecule has 2 N–H and O–H groups in total. The van der Waals surface area contributed by atoms with Gasteiger partial charge in [-0.15, -0.1) is 11.3 Å². The molecule has 0 unspecified atom stereocenters. The lowest BCUT2D eigenvalue weighted by Gasteiger charge is -2.31. The number of rotatable bonds is 3. The number of quaternary nitrogens is 1. The Hall–Kier alpha value is -1.98. The van der Waals surface area contributed by atoms with Crippen LogP contribution in [-0.2, 0) is 6.54 Å². The van der Waals surface area contributed by atoms with Crippen LogP contribution in [0, 0.1) is 11.8 Å². The van der Waals surface area contributed by atoms with Crippen LogP contribution < -0.4 is 10.5 Å². The topological polar surface area (TPSA) is 50.2 Å². The Kier molecular flexibility index (Phi) is 4.44. The Morgan fingerprint density at radius 1 is 1.20 bits per heavy atom. The number of H-pyrrole nitrogens is 1. The molecule has 0 bridgehead atoms. The number of likely N-dealkylation sites (tertiary alicyclic amines) is 1. The third-order valence-electron chi connectivity index (χ3n) is 5.01. The molecule has 1 aromatic carbocycles. The van der Waals surface area contributed by atoms with E-state index < -0.39 is 0 Å². The molecule has 1 aliphatic rings. The van der Waals surface area contributed by atoms with Crippen LogP contribution in [0.25, 0.3) is 20.7 Å². The van der Waals surface area contributed by atoms with Crippen molar-refractivity contribution in [1.82, 2.24) is 9.97 Å². The van der Waals surface area contributed by atoms with Gasteiger partial charge in [-0.3, -0.25) is 4.79 Å². The van der Waals surface area contributed by atoms with E-state index in [1.165, 1.54) is 11.3 Å². The largest absolute Gasteiger partial charge is 0.328 e. The van der Waals surface area contributed by atoms with Gasteiger partial charge in [0.2, 0.25) is 0 Å². The Morgan fingerprint density at radius 3 is 2.64 bits per heavy atom. The van der Waals surface area contributed by atoms with Crippen LogP contribution >= 0.6 is 11.3 Å². The number of nitrogens with one attached hydrogen (secondary N) is 2. The molecule has 0 spiro atoms. The smallest absolute Gasteiger partial charge is 0.259 e. The number of benzene rings is 1. The van der Waals surface area contributed by atoms with E-state index in [1.807, 2.05) is 24.3 Å². The second-order valence-corrected chi connectivity index (χ2v) is 8.52. The summed E-state index contributed by atoms with van der Waals surface area (Å²) in [7, 11) is 0. The summed E-state index contributed by atoms with van der Waals surface area (Å²) in [5.41, 5.74) is 1.12. The maximum atomic E-state index is 12.5. The van der Waals surface area contributed by atoms with Crippen molar-refractivity contribution in [2.75, 3.05) is 13.1 Å². The second kappa shape index (κ2) is 6.73. The Morgan fingerprint density at radius 2 is 1.92 bits per heavy atom. The molecule has 5 heteroatoms. The number of fused-ring (bicyclic) bond motifs is 1. The van der Waals surface area contributed by atoms with Gasteiger partial charge in [0.25, 0.3) is 5.56 Å². The van der Waals surface area contributed by atoms with Crippen molar-refractivity contribution in [2.45, 2.75) is 26.8 Å². The van der Waals surface area contributed by atoms with Gasteiger partial charge >= 0.3 is 0 Å². The molecule has 25 heavy (non-hydrogen) atoms. The first-order valence-electron chi connectivity index (χ1n) is 9.00. The number of aromatic amines is 1. The summed E-state index contributed by atoms with van der Waals surface area (Å²) in [6.07, 6.45) is 1.30. The quantitative estimate of drug-likeness (QED) is 0.760. The summed E-state index contributed by atoms with van der Waals surface area (Å²) in [6, 6.07) is 12.1. The average Bonchev–Trinajstić information content (AvgIpc) is 2.99. The number of piperidine rings is 1. The lowest BCUT2D eigenvalue weighted by Crippen LogP contribution is -3.13. The summed E-state index contributed by atoms with van der Waals surface area (Å²) in [5.74, 6) is 2.29. The molecule has 1 fully saturated rings. The molecule has 2 atom stereocenters. The fourth-order valence-corrected chi connectivity index (χ4v) is 5.16. The molecule has 0 saturated carbocycles. The van der Waals surface area contributed by atoms with Crippen LogP contribution in [0.5, 0.6) is 0 Å². The van der Waals surface area contributed by atoms with Crippen molar-refractivity contribution in [3.8, 4) is 10.4 Å². The lowest BCUT2D eigenvalue weighted by molar-refractivity contribution is -0.926. The van der Waals surface area contributed by atoms with E-state index in [0.717, 1.165) is 52.6 Å². The normalized spacial score (nSPS) is 23.8. The van der Waals surface area contributed by atoms with Crippen LogP contribution in [-0.4, -0.2) is 23.1 Å². The van der Waals surface area contributed by atoms with Gasteiger partial charge in [-0.1, -0.05) is 44.2 Å². The van der Waals surface area contributed by atoms with E-state index >= 15 is 0 Å². The Bertz CT molecular complexity index is 921. The van der Waals surface area contributed by atoms with E-state index in [-0.39, 0.29) is 5.56 Å². The summed E-state index contributed by atoms with van der Waals surface area (Å²) in [4.78, 5) is 23.8. The van der Waals surface area contributed by atoms with Gasteiger partial charge in [0.15, 0.2) is 5.82 Å². The first kappa shape index (κ1) is 16.5. The minimum Gasteiger partial charge on any atom is -0.328 e. The van der Waals surface area contributed by atoms with Crippen LogP contribution in [0.15, 0.2) is 41.2 Å². The van der Waals surface area contributed by atoms with Gasteiger partial charge in [0, 0.05) is 16.7 Å². The predicted octanol–water partition coefficient (Wildman–Crippen LogP) is 2.71. The summed E-state index contributed by atoms with van der Waals surface area (Å²) in [5, 5.41) is 0.697. The minimum atomic E-state index is -0.0177. The summed E-state index contributed by atoms with van der Waals surface area (Å²) in [6.45, 7) is 7.76. The molecular weight excluding hydrogens is 330 g/mol. The Labute approximate surface area is 151 Å². The molecule has 130 valence electrons. The molecule has 3 aromatic rings. The highest BCUT2D eigenvalue weighted by molar-refractivity contribution is 7.21. The summed E-state index contributed by atoms with van der Waals surface area (Å²) >= 11 is 1.60. The van der Waals surface area contributed by atoms with E-state index in [9.17, 15) is 4.79 Å². The molecule has 3 heterocycles. The SMILES string of the molecule is C[C@H]1C[C@H](C)C[NH+](Cc2nc3sc(-c4ccccc4)cc3c(=O)[nH]2)C1. The molecule has 0 aliphatic carbocycles. The lowest BCUT2D eigenvalue weighted by atomic mass is 9.92. The zero-order chi connectivity index (χ0) is 17.4. The van der Waals surface area contributed by atoms with Crippen LogP contribution in [0.2, 0.25) is 0 Å². The maximum absolute atomic E-state index is 12.5. The molecule has 0 radical (unpaired) electrons. The monoisotopic (exact) mass is 354 g/mol. The van der Waals surface area contributed by atoms with Crippen molar-refractivity contribution in [2.24, 2.45) is 11.8 Å². The van der Waals surface area contributed by atoms with Crippen LogP contribution in [0.3, 0.4) is 0 Å². The van der Waals surface area contributed by atoms with Gasteiger partial charge in [-0.25, -0.2) is 4.98 Å². The van der Waals surface area contributed by atoms with Crippen molar-refractivity contribution >= 4 is 21.6 Å². The fraction of sp³-hybridized carbons (Fsp3) is 0.400. The van der Waals surface area contributed by atoms with Gasteiger partial charge in [-0.05, 0) is 18.1 Å². The number of nitrogens with zero attached hydrogens (tertiary/aromatic N) is 1. The first-order chi connectivity index (χ1) is 12.1. The highest BCUT2D eigenvalue weighted by atomic mass is 32.1. The standard InChI is InChI=1S/C20H23N3OS/c1-13-8-14(2)11-23(10-13)12-18-21-19(24)16-9-17(25-20(16)22-18)15-6-4-3-5-7-15/h3-7,9,13-14H,8,10-12H2,1-2H3,(H,21,22,24)/p+1/t13-,14-/m0/s1. The number of hydrogen-bond donors (Lipinski definition) is 2. The van der Waals surface area contributed by atoms with E-state index in [1.54, 1.807) is 11.3 Å². The van der Waals surface area contributed by atoms with Gasteiger partial charge in [0.1, 0.15) is 11.4 Å². The zero-order valence-corrected chi connectivity index (χ0v) is 15.5. The Balaban J connectivity index is 1.64. The minimum absolute atomic E-state index is 0.0177. The van der Waals surface area contributed by atoms with Gasteiger partial charge in [-0.2, -0.15) is 0 Å². The summed E-state index contributed by atoms with van der Waals surface area (Å²) < 4.78 is 0. The molecule has 1 saturated heterocycles. The number of aromatic nitrogens is 2. The maximum Gasteiger partial charge on any atom is 0.259 e. The predicted molar refractivity (Wildman–Crippen MR) is 103 cm³/mol. The average molecular weight is 354 g/mol. The molecule has 4 nitrogen and oxygen atoms in total. The van der Waals surface area contributed by atoms with E-state index in [0.29, 0.717) is 5.39 Å². The van der Waals surface area contributed by atoms with Gasteiger partial charge < -0.3 is 9.88 Å². The fourth-order valence-electron chi connectivity index (χ4n) is 4.11. The van der Waals surface area contributed by atoms with Crippen molar-refractivity contribution in [1.29, 1.82) is 0 Å². The molecule has 1 aliphatic heterocycles. The molecule has 4 rings (SSSR count). The number of hydrogen-bond acceptors (Lipinski definition) is 3. The molecular formula is C20H24N3OS+. The van der Waals surface area contributed by atoms with Crippen molar-refractivity contribution < 1.29 is 4.90 Å². The first-order valence-corrected chi connectivity index (χ1v) is 9.82.